The van der Waals surface area contributed by atoms with E-state index >= 15 is 0 Å². The van der Waals surface area contributed by atoms with Crippen LogP contribution in [0.4, 0.5) is 5.82 Å². The lowest BCUT2D eigenvalue weighted by Gasteiger charge is -2.11. The standard InChI is InChI=1S/C32H30ClN5O/c1-4-14-34-32(29-17-27-25(10-7-11-28(27)37-29)21-8-6-9-24(33)15-21)26-16-23(19-35-20(26)3)22-12-13-30(36-18-22)38-31(39)5-2/h6-13,15-19,37H,4-5,14H2,1-3H3,(H,36,38,39). The van der Waals surface area contributed by atoms with Gasteiger partial charge in [0.05, 0.1) is 11.4 Å². The first-order valence-corrected chi connectivity index (χ1v) is 13.5. The number of fused-ring (bicyclic) bond motifs is 1. The smallest absolute Gasteiger partial charge is 0.225 e. The maximum atomic E-state index is 11.7. The first-order valence-electron chi connectivity index (χ1n) is 13.1. The third-order valence-electron chi connectivity index (χ3n) is 6.58. The van der Waals surface area contributed by atoms with Crippen LogP contribution in [0.1, 0.15) is 43.6 Å². The van der Waals surface area contributed by atoms with Gasteiger partial charge in [-0.2, -0.15) is 0 Å². The molecule has 0 bridgehead atoms. The molecule has 5 rings (SSSR count). The van der Waals surface area contributed by atoms with Gasteiger partial charge in [-0.25, -0.2) is 4.98 Å². The van der Waals surface area contributed by atoms with E-state index < -0.39 is 0 Å². The number of aryl methyl sites for hydroxylation is 1. The van der Waals surface area contributed by atoms with Crippen LogP contribution >= 0.6 is 11.6 Å². The highest BCUT2D eigenvalue weighted by molar-refractivity contribution is 6.31. The van der Waals surface area contributed by atoms with Crippen LogP contribution in [0.25, 0.3) is 33.2 Å². The van der Waals surface area contributed by atoms with E-state index in [9.17, 15) is 4.79 Å². The third kappa shape index (κ3) is 5.76. The van der Waals surface area contributed by atoms with Crippen LogP contribution in [-0.2, 0) is 4.79 Å². The highest BCUT2D eigenvalue weighted by atomic mass is 35.5. The van der Waals surface area contributed by atoms with Crippen LogP contribution in [0, 0.1) is 6.92 Å². The van der Waals surface area contributed by atoms with Crippen molar-refractivity contribution in [2.45, 2.75) is 33.6 Å². The van der Waals surface area contributed by atoms with Gasteiger partial charge in [-0.05, 0) is 66.9 Å². The normalized spacial score (nSPS) is 11.6. The Balaban J connectivity index is 1.57. The second-order valence-corrected chi connectivity index (χ2v) is 9.82. The number of hydrogen-bond acceptors (Lipinski definition) is 4. The number of aromatic amines is 1. The summed E-state index contributed by atoms with van der Waals surface area (Å²) < 4.78 is 0. The number of pyridine rings is 2. The van der Waals surface area contributed by atoms with Crippen molar-refractivity contribution >= 4 is 39.9 Å². The van der Waals surface area contributed by atoms with Crippen molar-refractivity contribution in [3.05, 3.63) is 101 Å². The van der Waals surface area contributed by atoms with Crippen LogP contribution in [-0.4, -0.2) is 33.1 Å². The molecule has 0 aliphatic heterocycles. The van der Waals surface area contributed by atoms with Crippen molar-refractivity contribution in [1.82, 2.24) is 15.0 Å². The van der Waals surface area contributed by atoms with Gasteiger partial charge in [-0.15, -0.1) is 0 Å². The molecule has 196 valence electrons. The number of benzene rings is 2. The summed E-state index contributed by atoms with van der Waals surface area (Å²) in [5.41, 5.74) is 8.70. The number of nitrogens with zero attached hydrogens (tertiary/aromatic N) is 3. The van der Waals surface area contributed by atoms with E-state index in [0.29, 0.717) is 23.8 Å². The summed E-state index contributed by atoms with van der Waals surface area (Å²) in [6.07, 6.45) is 4.94. The molecule has 1 amide bonds. The minimum atomic E-state index is -0.0665. The molecule has 6 nitrogen and oxygen atoms in total. The second kappa shape index (κ2) is 11.6. The zero-order chi connectivity index (χ0) is 27.4. The number of hydrogen-bond donors (Lipinski definition) is 2. The van der Waals surface area contributed by atoms with Crippen LogP contribution in [0.5, 0.6) is 0 Å². The summed E-state index contributed by atoms with van der Waals surface area (Å²) in [7, 11) is 0. The van der Waals surface area contributed by atoms with E-state index in [0.717, 1.165) is 62.2 Å². The average Bonchev–Trinajstić information content (AvgIpc) is 3.39. The van der Waals surface area contributed by atoms with E-state index in [4.69, 9.17) is 21.6 Å². The quantitative estimate of drug-likeness (QED) is 0.198. The van der Waals surface area contributed by atoms with E-state index in [1.54, 1.807) is 6.20 Å². The molecule has 0 radical (unpaired) electrons. The predicted octanol–water partition coefficient (Wildman–Crippen LogP) is 7.85. The van der Waals surface area contributed by atoms with E-state index in [-0.39, 0.29) is 5.91 Å². The van der Waals surface area contributed by atoms with Gasteiger partial charge < -0.3 is 10.3 Å². The van der Waals surface area contributed by atoms with Gasteiger partial charge in [0.1, 0.15) is 5.82 Å². The molecule has 0 unspecified atom stereocenters. The van der Waals surface area contributed by atoms with Crippen molar-refractivity contribution in [3.63, 3.8) is 0 Å². The molecule has 0 aliphatic carbocycles. The lowest BCUT2D eigenvalue weighted by molar-refractivity contribution is -0.115. The Hall–Kier alpha value is -4.29. The van der Waals surface area contributed by atoms with Crippen LogP contribution < -0.4 is 5.32 Å². The number of carbonyl (C=O) groups is 1. The summed E-state index contributed by atoms with van der Waals surface area (Å²) in [5, 5.41) is 4.60. The van der Waals surface area contributed by atoms with Crippen molar-refractivity contribution in [2.75, 3.05) is 11.9 Å². The van der Waals surface area contributed by atoms with E-state index in [1.165, 1.54) is 0 Å². The molecule has 0 saturated carbocycles. The number of aromatic nitrogens is 3. The number of nitrogens with one attached hydrogen (secondary N) is 2. The Morgan fingerprint density at radius 3 is 2.51 bits per heavy atom. The summed E-state index contributed by atoms with van der Waals surface area (Å²) in [5.74, 6) is 0.466. The first-order chi connectivity index (χ1) is 19.0. The van der Waals surface area contributed by atoms with Crippen molar-refractivity contribution in [3.8, 4) is 22.3 Å². The molecule has 3 heterocycles. The molecule has 7 heteroatoms. The minimum Gasteiger partial charge on any atom is -0.353 e. The highest BCUT2D eigenvalue weighted by Crippen LogP contribution is 2.32. The fourth-order valence-corrected chi connectivity index (χ4v) is 4.72. The molecule has 0 atom stereocenters. The minimum absolute atomic E-state index is 0.0665. The second-order valence-electron chi connectivity index (χ2n) is 9.38. The molecule has 39 heavy (non-hydrogen) atoms. The molecule has 0 aliphatic rings. The zero-order valence-electron chi connectivity index (χ0n) is 22.3. The van der Waals surface area contributed by atoms with Crippen LogP contribution in [0.15, 0.2) is 84.1 Å². The zero-order valence-corrected chi connectivity index (χ0v) is 23.0. The number of H-pyrrole nitrogens is 1. The molecule has 2 N–H and O–H groups in total. The average molecular weight is 536 g/mol. The monoisotopic (exact) mass is 535 g/mol. The third-order valence-corrected chi connectivity index (χ3v) is 6.81. The van der Waals surface area contributed by atoms with Gasteiger partial charge in [0.25, 0.3) is 0 Å². The van der Waals surface area contributed by atoms with Gasteiger partial charge in [0.2, 0.25) is 5.91 Å². The number of halogens is 1. The number of aliphatic imine (C=N–C) groups is 1. The van der Waals surface area contributed by atoms with Crippen molar-refractivity contribution < 1.29 is 4.79 Å². The topological polar surface area (TPSA) is 83.0 Å². The lowest BCUT2D eigenvalue weighted by atomic mass is 9.99. The molecule has 0 spiro atoms. The van der Waals surface area contributed by atoms with Gasteiger partial charge >= 0.3 is 0 Å². The fraction of sp³-hybridized carbons (Fsp3) is 0.188. The lowest BCUT2D eigenvalue weighted by Crippen LogP contribution is -2.10. The Kier molecular flexibility index (Phi) is 7.84. The largest absolute Gasteiger partial charge is 0.353 e. The predicted molar refractivity (Wildman–Crippen MR) is 161 cm³/mol. The number of amides is 1. The summed E-state index contributed by atoms with van der Waals surface area (Å²) in [6, 6.07) is 22.2. The first kappa shape index (κ1) is 26.3. The summed E-state index contributed by atoms with van der Waals surface area (Å²) >= 11 is 6.30. The van der Waals surface area contributed by atoms with Crippen molar-refractivity contribution in [2.24, 2.45) is 4.99 Å². The van der Waals surface area contributed by atoms with Gasteiger partial charge in [-0.3, -0.25) is 14.8 Å². The van der Waals surface area contributed by atoms with Gasteiger partial charge in [-0.1, -0.05) is 49.7 Å². The molecule has 5 aromatic rings. The van der Waals surface area contributed by atoms with Gasteiger partial charge in [0.15, 0.2) is 0 Å². The molecular formula is C32H30ClN5O. The number of carbonyl (C=O) groups excluding carboxylic acids is 1. The molecule has 0 fully saturated rings. The molecular weight excluding hydrogens is 506 g/mol. The number of anilines is 1. The summed E-state index contributed by atoms with van der Waals surface area (Å²) in [6.45, 7) is 6.63. The molecule has 2 aromatic carbocycles. The van der Waals surface area contributed by atoms with Crippen molar-refractivity contribution in [1.29, 1.82) is 0 Å². The summed E-state index contributed by atoms with van der Waals surface area (Å²) in [4.78, 5) is 29.5. The Morgan fingerprint density at radius 1 is 0.949 bits per heavy atom. The fourth-order valence-electron chi connectivity index (χ4n) is 4.53. The van der Waals surface area contributed by atoms with Crippen LogP contribution in [0.2, 0.25) is 5.02 Å². The SMILES string of the molecule is CCCN=C(c1cc2c(-c3cccc(Cl)c3)cccc2[nH]1)c1cc(-c2ccc(NC(=O)CC)nc2)cnc1C. The molecule has 0 saturated heterocycles. The Morgan fingerprint density at radius 2 is 1.77 bits per heavy atom. The maximum Gasteiger partial charge on any atom is 0.225 e. The Bertz CT molecular complexity index is 1670. The van der Waals surface area contributed by atoms with Crippen LogP contribution in [0.3, 0.4) is 0 Å². The number of rotatable bonds is 8. The van der Waals surface area contributed by atoms with Gasteiger partial charge in [0, 0.05) is 63.7 Å². The van der Waals surface area contributed by atoms with E-state index in [2.05, 4.69) is 58.6 Å². The maximum absolute atomic E-state index is 11.7. The Labute approximate surface area is 233 Å². The highest BCUT2D eigenvalue weighted by Gasteiger charge is 2.17. The van der Waals surface area contributed by atoms with E-state index in [1.807, 2.05) is 50.4 Å². The molecule has 3 aromatic heterocycles.